The van der Waals surface area contributed by atoms with Crippen LogP contribution in [0, 0.1) is 5.92 Å². The number of hydrogen-bond acceptors (Lipinski definition) is 5. The minimum Gasteiger partial charge on any atom is -0.491 e. The molecule has 1 saturated heterocycles. The second-order valence-corrected chi connectivity index (χ2v) is 13.0. The van der Waals surface area contributed by atoms with Crippen molar-refractivity contribution in [3.05, 3.63) is 108 Å². The molecule has 7 heteroatoms. The van der Waals surface area contributed by atoms with Crippen LogP contribution in [0.3, 0.4) is 0 Å². The van der Waals surface area contributed by atoms with Crippen LogP contribution >= 0.6 is 0 Å². The molecule has 46 heavy (non-hydrogen) atoms. The molecule has 0 aliphatic carbocycles. The number of hydrogen-bond donors (Lipinski definition) is 1. The van der Waals surface area contributed by atoms with Gasteiger partial charge in [0.15, 0.2) is 0 Å². The number of amides is 2. The molecule has 2 atom stereocenters. The lowest BCUT2D eigenvalue weighted by atomic mass is 10.0. The summed E-state index contributed by atoms with van der Waals surface area (Å²) in [6, 6.07) is 26.6. The second-order valence-electron chi connectivity index (χ2n) is 13.0. The van der Waals surface area contributed by atoms with Crippen LogP contribution in [0.1, 0.15) is 69.6 Å². The first-order chi connectivity index (χ1) is 22.2. The van der Waals surface area contributed by atoms with E-state index in [1.807, 2.05) is 74.2 Å². The summed E-state index contributed by atoms with van der Waals surface area (Å²) >= 11 is 0. The van der Waals surface area contributed by atoms with Gasteiger partial charge in [-0.25, -0.2) is 4.79 Å². The van der Waals surface area contributed by atoms with Crippen LogP contribution in [0.25, 0.3) is 0 Å². The monoisotopic (exact) mass is 626 g/mol. The highest BCUT2D eigenvalue weighted by Gasteiger charge is 2.38. The summed E-state index contributed by atoms with van der Waals surface area (Å²) in [5, 5.41) is 2.81. The lowest BCUT2D eigenvalue weighted by molar-refractivity contribution is -0.132. The van der Waals surface area contributed by atoms with E-state index in [0.29, 0.717) is 32.7 Å². The fourth-order valence-corrected chi connectivity index (χ4v) is 5.67. The van der Waals surface area contributed by atoms with Gasteiger partial charge in [-0.15, -0.1) is 6.58 Å². The van der Waals surface area contributed by atoms with Crippen molar-refractivity contribution >= 4 is 12.0 Å². The maximum atomic E-state index is 13.3. The van der Waals surface area contributed by atoms with E-state index in [-0.39, 0.29) is 24.0 Å². The van der Waals surface area contributed by atoms with Crippen LogP contribution < -0.4 is 14.8 Å². The number of carbonyl (C=O) groups is 2. The topological polar surface area (TPSA) is 77.1 Å². The molecule has 1 aliphatic heterocycles. The van der Waals surface area contributed by atoms with E-state index in [4.69, 9.17) is 14.2 Å². The summed E-state index contributed by atoms with van der Waals surface area (Å²) in [5.74, 6) is 1.84. The molecule has 4 rings (SSSR count). The number of likely N-dealkylation sites (tertiary alicyclic amines) is 1. The summed E-state index contributed by atoms with van der Waals surface area (Å²) in [7, 11) is 0. The molecule has 7 nitrogen and oxygen atoms in total. The highest BCUT2D eigenvalue weighted by molar-refractivity contribution is 5.81. The van der Waals surface area contributed by atoms with Gasteiger partial charge >= 0.3 is 6.09 Å². The first-order valence-corrected chi connectivity index (χ1v) is 16.6. The summed E-state index contributed by atoms with van der Waals surface area (Å²) in [6.07, 6.45) is 7.49. The summed E-state index contributed by atoms with van der Waals surface area (Å²) < 4.78 is 17.4. The maximum absolute atomic E-state index is 13.3. The Bertz CT molecular complexity index is 1370. The molecular formula is C39H50N2O5. The van der Waals surface area contributed by atoms with Gasteiger partial charge in [-0.2, -0.15) is 0 Å². The second kappa shape index (κ2) is 17.4. The van der Waals surface area contributed by atoms with Crippen molar-refractivity contribution in [2.75, 3.05) is 19.7 Å². The molecule has 2 amide bonds. The van der Waals surface area contributed by atoms with E-state index < -0.39 is 5.60 Å². The number of carbonyl (C=O) groups excluding carboxylic acids is 2. The summed E-state index contributed by atoms with van der Waals surface area (Å²) in [6.45, 7) is 11.8. The molecule has 0 saturated carbocycles. The Labute approximate surface area is 274 Å². The average molecular weight is 627 g/mol. The molecule has 246 valence electrons. The van der Waals surface area contributed by atoms with Gasteiger partial charge in [0.2, 0.25) is 5.91 Å². The zero-order chi connectivity index (χ0) is 32.8. The van der Waals surface area contributed by atoms with Gasteiger partial charge in [0.25, 0.3) is 0 Å². The number of allylic oxidation sites excluding steroid dienone is 1. The van der Waals surface area contributed by atoms with Crippen LogP contribution in [-0.2, 0) is 29.0 Å². The van der Waals surface area contributed by atoms with Crippen molar-refractivity contribution in [2.45, 2.75) is 84.0 Å². The molecule has 0 aromatic heterocycles. The molecule has 0 bridgehead atoms. The van der Waals surface area contributed by atoms with Crippen LogP contribution in [0.15, 0.2) is 91.5 Å². The lowest BCUT2D eigenvalue weighted by Crippen LogP contribution is -2.38. The normalized spacial score (nSPS) is 16.2. The Morgan fingerprint density at radius 2 is 1.50 bits per heavy atom. The molecular weight excluding hydrogens is 576 g/mol. The number of unbranched alkanes of at least 4 members (excludes halogenated alkanes) is 1. The smallest absolute Gasteiger partial charge is 0.407 e. The molecule has 3 aromatic carbocycles. The first-order valence-electron chi connectivity index (χ1n) is 16.6. The van der Waals surface area contributed by atoms with Crippen molar-refractivity contribution in [3.8, 4) is 11.5 Å². The van der Waals surface area contributed by atoms with Crippen molar-refractivity contribution in [2.24, 2.45) is 5.92 Å². The van der Waals surface area contributed by atoms with E-state index in [9.17, 15) is 9.59 Å². The van der Waals surface area contributed by atoms with E-state index in [0.717, 1.165) is 55.6 Å². The third-order valence-electron chi connectivity index (χ3n) is 8.04. The van der Waals surface area contributed by atoms with E-state index >= 15 is 0 Å². The molecule has 1 N–H and O–H groups in total. The van der Waals surface area contributed by atoms with Crippen LogP contribution in [0.2, 0.25) is 0 Å². The minimum atomic E-state index is -0.486. The van der Waals surface area contributed by atoms with Crippen molar-refractivity contribution in [1.29, 1.82) is 0 Å². The van der Waals surface area contributed by atoms with E-state index in [1.165, 1.54) is 11.1 Å². The van der Waals surface area contributed by atoms with Gasteiger partial charge in [0.05, 0.1) is 6.04 Å². The average Bonchev–Trinajstić information content (AvgIpc) is 3.33. The van der Waals surface area contributed by atoms with Crippen LogP contribution in [0.4, 0.5) is 4.79 Å². The number of alkyl carbamates (subject to hydrolysis) is 1. The number of nitrogens with one attached hydrogen (secondary N) is 1. The third-order valence-corrected chi connectivity index (χ3v) is 8.04. The Balaban J connectivity index is 1.19. The quantitative estimate of drug-likeness (QED) is 0.122. The number of benzene rings is 3. The van der Waals surface area contributed by atoms with E-state index in [1.54, 1.807) is 0 Å². The molecule has 1 aliphatic rings. The Morgan fingerprint density at radius 1 is 0.870 bits per heavy atom. The number of nitrogens with zero attached hydrogens (tertiary/aromatic N) is 1. The first kappa shape index (κ1) is 34.6. The van der Waals surface area contributed by atoms with Gasteiger partial charge in [-0.05, 0) is 107 Å². The lowest BCUT2D eigenvalue weighted by Gasteiger charge is -2.25. The molecule has 0 unspecified atom stereocenters. The molecule has 0 radical (unpaired) electrons. The van der Waals surface area contributed by atoms with Gasteiger partial charge in [0, 0.05) is 19.0 Å². The summed E-state index contributed by atoms with van der Waals surface area (Å²) in [5.41, 5.74) is 3.11. The minimum absolute atomic E-state index is 0.0284. The molecule has 0 spiro atoms. The maximum Gasteiger partial charge on any atom is 0.407 e. The Morgan fingerprint density at radius 3 is 2.13 bits per heavy atom. The van der Waals surface area contributed by atoms with Crippen LogP contribution in [-0.4, -0.2) is 48.2 Å². The fourth-order valence-electron chi connectivity index (χ4n) is 5.67. The van der Waals surface area contributed by atoms with Gasteiger partial charge in [-0.1, -0.05) is 60.7 Å². The van der Waals surface area contributed by atoms with Crippen molar-refractivity contribution in [1.82, 2.24) is 10.2 Å². The number of rotatable bonds is 17. The molecule has 3 aromatic rings. The fraction of sp³-hybridized carbons (Fsp3) is 0.436. The largest absolute Gasteiger partial charge is 0.491 e. The van der Waals surface area contributed by atoms with Crippen LogP contribution in [0.5, 0.6) is 11.5 Å². The number of ether oxygens (including phenoxy) is 3. The van der Waals surface area contributed by atoms with Crippen molar-refractivity contribution in [3.63, 3.8) is 0 Å². The Hall–Kier alpha value is -4.26. The Kier molecular flexibility index (Phi) is 13.1. The summed E-state index contributed by atoms with van der Waals surface area (Å²) in [4.78, 5) is 27.1. The zero-order valence-corrected chi connectivity index (χ0v) is 27.7. The van der Waals surface area contributed by atoms with E-state index in [2.05, 4.69) is 48.3 Å². The number of aryl methyl sites for hydroxylation is 2. The highest BCUT2D eigenvalue weighted by atomic mass is 16.6. The predicted molar refractivity (Wildman–Crippen MR) is 183 cm³/mol. The van der Waals surface area contributed by atoms with Gasteiger partial charge in [0.1, 0.15) is 30.3 Å². The zero-order valence-electron chi connectivity index (χ0n) is 27.7. The third kappa shape index (κ3) is 11.6. The van der Waals surface area contributed by atoms with Crippen molar-refractivity contribution < 1.29 is 23.8 Å². The van der Waals surface area contributed by atoms with Gasteiger partial charge in [-0.3, -0.25) is 4.79 Å². The standard InChI is InChI=1S/C39H50N2O5/c1-5-12-33-27-34(29-45-36-23-17-30(18-24-36)13-9-10-25-40-38(43)46-39(2,3)4)41(37(33)42)26-11-16-31-19-21-35(22-20-31)44-28-32-14-7-6-8-15-32/h5-8,14-15,17-24,33-34H,1,9-13,16,25-29H2,2-4H3,(H,40,43)/t33-,34+/m1/s1. The highest BCUT2D eigenvalue weighted by Crippen LogP contribution is 2.29. The molecule has 1 heterocycles. The van der Waals surface area contributed by atoms with Gasteiger partial charge < -0.3 is 24.4 Å². The molecule has 1 fully saturated rings. The SMILES string of the molecule is C=CC[C@@H]1C[C@@H](COc2ccc(CCCCNC(=O)OC(C)(C)C)cc2)N(CCCc2ccc(OCc3ccccc3)cc2)C1=O. The predicted octanol–water partition coefficient (Wildman–Crippen LogP) is 7.92.